The van der Waals surface area contributed by atoms with Crippen LogP contribution in [0.1, 0.15) is 12.8 Å². The topological polar surface area (TPSA) is 79.5 Å². The first-order valence-corrected chi connectivity index (χ1v) is 7.08. The van der Waals surface area contributed by atoms with Crippen molar-refractivity contribution >= 4 is 22.3 Å². The standard InChI is InChI=1S/C15H17N3O3/c19-10-11-3-2-8-17(9-11)13-5-6-14(18(20)21)15-12(13)4-1-7-16-15/h1,4-7,11,19H,2-3,8-10H2. The number of aromatic nitrogens is 1. The van der Waals surface area contributed by atoms with E-state index in [9.17, 15) is 15.2 Å². The summed E-state index contributed by atoms with van der Waals surface area (Å²) in [5.74, 6) is 0.265. The Labute approximate surface area is 122 Å². The van der Waals surface area contributed by atoms with Crippen LogP contribution in [0.2, 0.25) is 0 Å². The Morgan fingerprint density at radius 2 is 2.29 bits per heavy atom. The van der Waals surface area contributed by atoms with Gasteiger partial charge < -0.3 is 10.0 Å². The lowest BCUT2D eigenvalue weighted by molar-refractivity contribution is -0.383. The molecule has 6 nitrogen and oxygen atoms in total. The summed E-state index contributed by atoms with van der Waals surface area (Å²) < 4.78 is 0. The molecule has 1 aromatic heterocycles. The lowest BCUT2D eigenvalue weighted by Crippen LogP contribution is -2.36. The number of aliphatic hydroxyl groups excluding tert-OH is 1. The highest BCUT2D eigenvalue weighted by molar-refractivity contribution is 5.97. The molecule has 2 aromatic rings. The third-order valence-electron chi connectivity index (χ3n) is 4.04. The lowest BCUT2D eigenvalue weighted by Gasteiger charge is -2.34. The average molecular weight is 287 g/mol. The zero-order valence-electron chi connectivity index (χ0n) is 11.6. The number of pyridine rings is 1. The van der Waals surface area contributed by atoms with E-state index in [2.05, 4.69) is 9.88 Å². The van der Waals surface area contributed by atoms with Crippen LogP contribution in [-0.2, 0) is 0 Å². The van der Waals surface area contributed by atoms with Gasteiger partial charge in [-0.3, -0.25) is 10.1 Å². The first kappa shape index (κ1) is 13.8. The van der Waals surface area contributed by atoms with Gasteiger partial charge >= 0.3 is 0 Å². The fraction of sp³-hybridized carbons (Fsp3) is 0.400. The number of hydrogen-bond donors (Lipinski definition) is 1. The number of piperidine rings is 1. The lowest BCUT2D eigenvalue weighted by atomic mass is 9.98. The monoisotopic (exact) mass is 287 g/mol. The van der Waals surface area contributed by atoms with Crippen molar-refractivity contribution in [2.75, 3.05) is 24.6 Å². The number of benzene rings is 1. The minimum absolute atomic E-state index is 0.0325. The minimum atomic E-state index is -0.397. The smallest absolute Gasteiger partial charge is 0.295 e. The SMILES string of the molecule is O=[N+]([O-])c1ccc(N2CCCC(CO)C2)c2cccnc12. The Kier molecular flexibility index (Phi) is 3.70. The molecular formula is C15H17N3O3. The van der Waals surface area contributed by atoms with E-state index in [4.69, 9.17) is 0 Å². The minimum Gasteiger partial charge on any atom is -0.396 e. The maximum absolute atomic E-state index is 11.1. The van der Waals surface area contributed by atoms with Crippen LogP contribution in [0, 0.1) is 16.0 Å². The molecule has 2 heterocycles. The van der Waals surface area contributed by atoms with Crippen LogP contribution in [0.15, 0.2) is 30.5 Å². The van der Waals surface area contributed by atoms with Crippen LogP contribution in [-0.4, -0.2) is 34.7 Å². The quantitative estimate of drug-likeness (QED) is 0.692. The van der Waals surface area contributed by atoms with E-state index in [0.717, 1.165) is 37.0 Å². The number of anilines is 1. The highest BCUT2D eigenvalue weighted by Crippen LogP contribution is 2.34. The summed E-state index contributed by atoms with van der Waals surface area (Å²) in [6.45, 7) is 1.86. The number of nitro benzene ring substituents is 1. The van der Waals surface area contributed by atoms with E-state index in [0.29, 0.717) is 5.52 Å². The van der Waals surface area contributed by atoms with Crippen molar-refractivity contribution in [3.05, 3.63) is 40.6 Å². The number of rotatable bonds is 3. The number of aliphatic hydroxyl groups is 1. The van der Waals surface area contributed by atoms with Gasteiger partial charge in [0.2, 0.25) is 0 Å². The molecule has 1 aliphatic rings. The van der Waals surface area contributed by atoms with Crippen LogP contribution in [0.5, 0.6) is 0 Å². The molecule has 0 bridgehead atoms. The van der Waals surface area contributed by atoms with Gasteiger partial charge in [-0.15, -0.1) is 0 Å². The van der Waals surface area contributed by atoms with Crippen LogP contribution >= 0.6 is 0 Å². The molecule has 0 spiro atoms. The Balaban J connectivity index is 2.07. The van der Waals surface area contributed by atoms with Crippen LogP contribution in [0.3, 0.4) is 0 Å². The zero-order valence-corrected chi connectivity index (χ0v) is 11.6. The maximum atomic E-state index is 11.1. The maximum Gasteiger partial charge on any atom is 0.295 e. The second-order valence-electron chi connectivity index (χ2n) is 5.40. The molecule has 0 radical (unpaired) electrons. The summed E-state index contributed by atoms with van der Waals surface area (Å²) >= 11 is 0. The van der Waals surface area contributed by atoms with Crippen molar-refractivity contribution in [3.63, 3.8) is 0 Å². The highest BCUT2D eigenvalue weighted by atomic mass is 16.6. The fourth-order valence-corrected chi connectivity index (χ4v) is 3.00. The van der Waals surface area contributed by atoms with Crippen LogP contribution in [0.4, 0.5) is 11.4 Å². The van der Waals surface area contributed by atoms with Crippen molar-refractivity contribution in [3.8, 4) is 0 Å². The van der Waals surface area contributed by atoms with Crippen molar-refractivity contribution in [2.24, 2.45) is 5.92 Å². The first-order chi connectivity index (χ1) is 10.2. The van der Waals surface area contributed by atoms with Crippen molar-refractivity contribution in [1.29, 1.82) is 0 Å². The molecule has 1 atom stereocenters. The Bertz CT molecular complexity index is 674. The molecule has 0 aliphatic carbocycles. The molecule has 0 saturated carbocycles. The summed E-state index contributed by atoms with van der Waals surface area (Å²) in [4.78, 5) is 17.1. The fourth-order valence-electron chi connectivity index (χ4n) is 3.00. The van der Waals surface area contributed by atoms with Gasteiger partial charge in [0.1, 0.15) is 5.52 Å². The summed E-state index contributed by atoms with van der Waals surface area (Å²) in [6.07, 6.45) is 3.62. The second kappa shape index (κ2) is 5.65. The van der Waals surface area contributed by atoms with Crippen molar-refractivity contribution < 1.29 is 10.0 Å². The van der Waals surface area contributed by atoms with Crippen LogP contribution < -0.4 is 4.90 Å². The van der Waals surface area contributed by atoms with E-state index in [1.807, 2.05) is 6.07 Å². The molecule has 21 heavy (non-hydrogen) atoms. The molecule has 0 amide bonds. The predicted octanol–water partition coefficient (Wildman–Crippen LogP) is 2.35. The molecule has 110 valence electrons. The summed E-state index contributed by atoms with van der Waals surface area (Å²) in [6, 6.07) is 6.98. The molecule has 1 fully saturated rings. The zero-order chi connectivity index (χ0) is 14.8. The molecule has 6 heteroatoms. The molecular weight excluding hydrogens is 270 g/mol. The predicted molar refractivity (Wildman–Crippen MR) is 80.4 cm³/mol. The van der Waals surface area contributed by atoms with Crippen molar-refractivity contribution in [2.45, 2.75) is 12.8 Å². The second-order valence-corrected chi connectivity index (χ2v) is 5.40. The van der Waals surface area contributed by atoms with E-state index in [1.165, 1.54) is 6.07 Å². The van der Waals surface area contributed by atoms with E-state index in [-0.39, 0.29) is 18.2 Å². The third kappa shape index (κ3) is 2.54. The van der Waals surface area contributed by atoms with Crippen LogP contribution in [0.25, 0.3) is 10.9 Å². The average Bonchev–Trinajstić information content (AvgIpc) is 2.53. The number of non-ortho nitro benzene ring substituents is 1. The van der Waals surface area contributed by atoms with Gasteiger partial charge in [0.15, 0.2) is 0 Å². The van der Waals surface area contributed by atoms with Gasteiger partial charge in [0.05, 0.1) is 4.92 Å². The highest BCUT2D eigenvalue weighted by Gasteiger charge is 2.23. The number of hydrogen-bond acceptors (Lipinski definition) is 5. The summed E-state index contributed by atoms with van der Waals surface area (Å²) in [5.41, 5.74) is 1.41. The Hall–Kier alpha value is -2.21. The summed E-state index contributed by atoms with van der Waals surface area (Å²) in [7, 11) is 0. The van der Waals surface area contributed by atoms with Gasteiger partial charge in [-0.2, -0.15) is 0 Å². The number of fused-ring (bicyclic) bond motifs is 1. The molecule has 1 saturated heterocycles. The third-order valence-corrected chi connectivity index (χ3v) is 4.04. The molecule has 1 aromatic carbocycles. The molecule has 1 unspecified atom stereocenters. The first-order valence-electron chi connectivity index (χ1n) is 7.08. The summed E-state index contributed by atoms with van der Waals surface area (Å²) in [5, 5.41) is 21.3. The van der Waals surface area contributed by atoms with E-state index >= 15 is 0 Å². The van der Waals surface area contributed by atoms with Gasteiger partial charge in [-0.05, 0) is 37.0 Å². The largest absolute Gasteiger partial charge is 0.396 e. The number of nitro groups is 1. The van der Waals surface area contributed by atoms with Gasteiger partial charge in [-0.25, -0.2) is 4.98 Å². The molecule has 1 N–H and O–H groups in total. The van der Waals surface area contributed by atoms with E-state index < -0.39 is 4.92 Å². The van der Waals surface area contributed by atoms with E-state index in [1.54, 1.807) is 18.3 Å². The van der Waals surface area contributed by atoms with Gasteiger partial charge in [0, 0.05) is 43.0 Å². The Morgan fingerprint density at radius 3 is 3.05 bits per heavy atom. The Morgan fingerprint density at radius 1 is 1.43 bits per heavy atom. The van der Waals surface area contributed by atoms with Crippen molar-refractivity contribution in [1.82, 2.24) is 4.98 Å². The molecule has 1 aliphatic heterocycles. The molecule has 3 rings (SSSR count). The van der Waals surface area contributed by atoms with Gasteiger partial charge in [-0.1, -0.05) is 0 Å². The number of nitrogens with zero attached hydrogens (tertiary/aromatic N) is 3. The van der Waals surface area contributed by atoms with Gasteiger partial charge in [0.25, 0.3) is 5.69 Å². The normalized spacial score (nSPS) is 18.9.